The van der Waals surface area contributed by atoms with Gasteiger partial charge in [0.25, 0.3) is 17.7 Å². The summed E-state index contributed by atoms with van der Waals surface area (Å²) in [4.78, 5) is 49.8. The predicted octanol–water partition coefficient (Wildman–Crippen LogP) is 2.11. The molecule has 3 N–H and O–H groups in total. The first-order chi connectivity index (χ1) is 13.3. The first kappa shape index (κ1) is 19.3. The van der Waals surface area contributed by atoms with Crippen LogP contribution >= 0.6 is 0 Å². The van der Waals surface area contributed by atoms with Crippen molar-refractivity contribution < 1.29 is 19.2 Å². The van der Waals surface area contributed by atoms with Crippen molar-refractivity contribution in [2.75, 3.05) is 0 Å². The van der Waals surface area contributed by atoms with Gasteiger partial charge in [0.15, 0.2) is 0 Å². The highest BCUT2D eigenvalue weighted by atomic mass is 16.2. The lowest BCUT2D eigenvalue weighted by Crippen LogP contribution is -2.37. The Morgan fingerprint density at radius 3 is 2.21 bits per heavy atom. The van der Waals surface area contributed by atoms with Crippen LogP contribution in [0, 0.1) is 0 Å². The molecule has 3 rings (SSSR count). The van der Waals surface area contributed by atoms with Crippen molar-refractivity contribution in [3.63, 3.8) is 0 Å². The predicted molar refractivity (Wildman–Crippen MR) is 103 cm³/mol. The average molecular weight is 379 g/mol. The number of nitrogens with two attached hydrogens (primary N) is 1. The molecule has 4 amide bonds. The van der Waals surface area contributed by atoms with E-state index >= 15 is 0 Å². The third-order valence-electron chi connectivity index (χ3n) is 4.90. The van der Waals surface area contributed by atoms with Gasteiger partial charge in [0.2, 0.25) is 5.91 Å². The summed E-state index contributed by atoms with van der Waals surface area (Å²) in [6.07, 6.45) is 0.660. The maximum Gasteiger partial charge on any atom is 0.261 e. The van der Waals surface area contributed by atoms with Gasteiger partial charge in [-0.2, -0.15) is 0 Å². The molecule has 0 spiro atoms. The summed E-state index contributed by atoms with van der Waals surface area (Å²) in [6.45, 7) is 3.97. The lowest BCUT2D eigenvalue weighted by atomic mass is 10.1. The zero-order chi connectivity index (χ0) is 20.4. The van der Waals surface area contributed by atoms with Gasteiger partial charge in [0.1, 0.15) is 0 Å². The molecule has 0 aromatic heterocycles. The highest BCUT2D eigenvalue weighted by Crippen LogP contribution is 2.26. The molecule has 0 radical (unpaired) electrons. The van der Waals surface area contributed by atoms with Crippen molar-refractivity contribution in [3.8, 4) is 0 Å². The van der Waals surface area contributed by atoms with Crippen LogP contribution in [0.5, 0.6) is 0 Å². The topological polar surface area (TPSA) is 110 Å². The van der Waals surface area contributed by atoms with Crippen LogP contribution in [-0.4, -0.2) is 34.6 Å². The minimum atomic E-state index is -0.514. The molecule has 144 valence electrons. The number of carbonyl (C=O) groups is 4. The minimum Gasteiger partial charge on any atom is -0.366 e. The van der Waals surface area contributed by atoms with Gasteiger partial charge >= 0.3 is 0 Å². The Bertz CT molecular complexity index is 966. The largest absolute Gasteiger partial charge is 0.366 e. The van der Waals surface area contributed by atoms with Crippen LogP contribution in [0.4, 0.5) is 0 Å². The van der Waals surface area contributed by atoms with Crippen molar-refractivity contribution in [2.24, 2.45) is 5.73 Å². The number of imide groups is 1. The Morgan fingerprint density at radius 2 is 1.61 bits per heavy atom. The summed E-state index contributed by atoms with van der Waals surface area (Å²) >= 11 is 0. The van der Waals surface area contributed by atoms with E-state index in [2.05, 4.69) is 5.32 Å². The molecule has 1 heterocycles. The van der Waals surface area contributed by atoms with Crippen LogP contribution in [0.15, 0.2) is 42.5 Å². The summed E-state index contributed by atoms with van der Waals surface area (Å²) in [6, 6.07) is 10.9. The number of nitrogens with zero attached hydrogens (tertiary/aromatic N) is 1. The van der Waals surface area contributed by atoms with E-state index in [0.717, 1.165) is 5.56 Å². The monoisotopic (exact) mass is 379 g/mol. The molecule has 0 aliphatic carbocycles. The molecular weight excluding hydrogens is 358 g/mol. The van der Waals surface area contributed by atoms with Crippen LogP contribution in [-0.2, 0) is 6.54 Å². The molecule has 28 heavy (non-hydrogen) atoms. The van der Waals surface area contributed by atoms with Gasteiger partial charge in [-0.3, -0.25) is 24.1 Å². The second kappa shape index (κ2) is 7.64. The Hall–Kier alpha value is -3.48. The van der Waals surface area contributed by atoms with E-state index in [1.807, 2.05) is 13.8 Å². The molecule has 1 aliphatic heterocycles. The van der Waals surface area contributed by atoms with E-state index in [-0.39, 0.29) is 35.9 Å². The van der Waals surface area contributed by atoms with Gasteiger partial charge in [-0.25, -0.2) is 0 Å². The first-order valence-electron chi connectivity index (χ1n) is 9.02. The minimum absolute atomic E-state index is 0.201. The molecule has 1 aliphatic rings. The summed E-state index contributed by atoms with van der Waals surface area (Å²) in [5.74, 6) is -1.56. The fourth-order valence-electron chi connectivity index (χ4n) is 3.05. The zero-order valence-electron chi connectivity index (χ0n) is 15.7. The molecular formula is C21H21N3O4. The van der Waals surface area contributed by atoms with Crippen molar-refractivity contribution in [2.45, 2.75) is 32.9 Å². The van der Waals surface area contributed by atoms with Crippen molar-refractivity contribution in [1.29, 1.82) is 0 Å². The molecule has 7 heteroatoms. The summed E-state index contributed by atoms with van der Waals surface area (Å²) in [5, 5.41) is 2.76. The number of carbonyl (C=O) groups excluding carboxylic acids is 4. The number of rotatable bonds is 6. The fraction of sp³-hybridized carbons (Fsp3) is 0.238. The van der Waals surface area contributed by atoms with Crippen LogP contribution < -0.4 is 11.1 Å². The zero-order valence-corrected chi connectivity index (χ0v) is 15.7. The third kappa shape index (κ3) is 3.51. The van der Waals surface area contributed by atoms with E-state index in [0.29, 0.717) is 23.1 Å². The van der Waals surface area contributed by atoms with Crippen LogP contribution in [0.3, 0.4) is 0 Å². The van der Waals surface area contributed by atoms with E-state index in [1.165, 1.54) is 23.1 Å². The van der Waals surface area contributed by atoms with E-state index in [1.54, 1.807) is 24.3 Å². The molecule has 0 saturated carbocycles. The van der Waals surface area contributed by atoms with E-state index < -0.39 is 5.91 Å². The number of benzene rings is 2. The van der Waals surface area contributed by atoms with Gasteiger partial charge in [0, 0.05) is 23.7 Å². The van der Waals surface area contributed by atoms with Gasteiger partial charge in [-0.05, 0) is 49.2 Å². The molecule has 2 aromatic rings. The standard InChI is InChI=1S/C21H21N3O4/c1-3-12(2)24-20(27)16-9-8-15(10-17(16)21(24)28)19(26)23-11-13-4-6-14(7-5-13)18(22)25/h4-10,12H,3,11H2,1-2H3,(H2,22,25)(H,23,26). The average Bonchev–Trinajstić information content (AvgIpc) is 2.95. The van der Waals surface area contributed by atoms with E-state index in [9.17, 15) is 19.2 Å². The van der Waals surface area contributed by atoms with Gasteiger partial charge in [-0.15, -0.1) is 0 Å². The highest BCUT2D eigenvalue weighted by molar-refractivity contribution is 6.22. The van der Waals surface area contributed by atoms with Gasteiger partial charge < -0.3 is 11.1 Å². The lowest BCUT2D eigenvalue weighted by Gasteiger charge is -2.20. The lowest BCUT2D eigenvalue weighted by molar-refractivity contribution is 0.0593. The molecule has 1 unspecified atom stereocenters. The van der Waals surface area contributed by atoms with Crippen molar-refractivity contribution in [3.05, 3.63) is 70.3 Å². The number of amides is 4. The highest BCUT2D eigenvalue weighted by Gasteiger charge is 2.38. The van der Waals surface area contributed by atoms with Crippen LogP contribution in [0.2, 0.25) is 0 Å². The van der Waals surface area contributed by atoms with E-state index in [4.69, 9.17) is 5.73 Å². The SMILES string of the molecule is CCC(C)N1C(=O)c2ccc(C(=O)NCc3ccc(C(N)=O)cc3)cc2C1=O. The van der Waals surface area contributed by atoms with Crippen LogP contribution in [0.25, 0.3) is 0 Å². The Labute approximate surface area is 162 Å². The van der Waals surface area contributed by atoms with Crippen molar-refractivity contribution in [1.82, 2.24) is 10.2 Å². The maximum absolute atomic E-state index is 12.6. The smallest absolute Gasteiger partial charge is 0.261 e. The number of fused-ring (bicyclic) bond motifs is 1. The first-order valence-corrected chi connectivity index (χ1v) is 9.02. The summed E-state index contributed by atoms with van der Waals surface area (Å²) < 4.78 is 0. The second-order valence-corrected chi connectivity index (χ2v) is 6.74. The molecule has 1 atom stereocenters. The van der Waals surface area contributed by atoms with Crippen LogP contribution in [0.1, 0.15) is 67.3 Å². The van der Waals surface area contributed by atoms with Crippen molar-refractivity contribution >= 4 is 23.6 Å². The van der Waals surface area contributed by atoms with Gasteiger partial charge in [-0.1, -0.05) is 19.1 Å². The second-order valence-electron chi connectivity index (χ2n) is 6.74. The maximum atomic E-state index is 12.6. The number of primary amides is 1. The molecule has 7 nitrogen and oxygen atoms in total. The number of hydrogen-bond acceptors (Lipinski definition) is 4. The summed E-state index contributed by atoms with van der Waals surface area (Å²) in [5.41, 5.74) is 7.27. The third-order valence-corrected chi connectivity index (χ3v) is 4.90. The Morgan fingerprint density at radius 1 is 1.00 bits per heavy atom. The van der Waals surface area contributed by atoms with Gasteiger partial charge in [0.05, 0.1) is 11.1 Å². The molecule has 2 aromatic carbocycles. The summed E-state index contributed by atoms with van der Waals surface area (Å²) in [7, 11) is 0. The Balaban J connectivity index is 1.73. The Kier molecular flexibility index (Phi) is 5.26. The normalized spacial score (nSPS) is 14.0. The quantitative estimate of drug-likeness (QED) is 0.749. The molecule has 0 bridgehead atoms. The number of hydrogen-bond donors (Lipinski definition) is 2. The number of nitrogens with one attached hydrogen (secondary N) is 1. The molecule has 0 saturated heterocycles. The fourth-order valence-corrected chi connectivity index (χ4v) is 3.05. The molecule has 0 fully saturated rings.